The van der Waals surface area contributed by atoms with E-state index >= 15 is 0 Å². The van der Waals surface area contributed by atoms with Gasteiger partial charge in [0, 0.05) is 11.1 Å². The summed E-state index contributed by atoms with van der Waals surface area (Å²) in [6.07, 6.45) is 7.04. The van der Waals surface area contributed by atoms with E-state index < -0.39 is 0 Å². The number of hydrogen-bond donors (Lipinski definition) is 1. The number of benzene rings is 1. The van der Waals surface area contributed by atoms with Crippen LogP contribution in [0.4, 0.5) is 0 Å². The van der Waals surface area contributed by atoms with Crippen molar-refractivity contribution in [1.29, 1.82) is 0 Å². The zero-order valence-corrected chi connectivity index (χ0v) is 14.8. The van der Waals surface area contributed by atoms with Crippen LogP contribution in [-0.4, -0.2) is 11.9 Å². The summed E-state index contributed by atoms with van der Waals surface area (Å²) >= 11 is 6.09. The molecule has 1 amide bonds. The molecule has 3 heteroatoms. The second-order valence-corrected chi connectivity index (χ2v) is 9.09. The molecular formula is C20H26ClNO. The SMILES string of the molecule is CC(C)NC(=O)C12CC3CC(C1)CC(c1ccc(Cl)cc1)(C3)C2. The van der Waals surface area contributed by atoms with Gasteiger partial charge in [-0.05, 0) is 87.3 Å². The van der Waals surface area contributed by atoms with Gasteiger partial charge in [-0.15, -0.1) is 0 Å². The number of carbonyl (C=O) groups excluding carboxylic acids is 1. The Balaban J connectivity index is 1.70. The highest BCUT2D eigenvalue weighted by Crippen LogP contribution is 2.65. The van der Waals surface area contributed by atoms with E-state index in [1.165, 1.54) is 24.8 Å². The Bertz CT molecular complexity index is 607. The maximum Gasteiger partial charge on any atom is 0.226 e. The fourth-order valence-electron chi connectivity index (χ4n) is 6.08. The minimum atomic E-state index is -0.131. The first-order valence-electron chi connectivity index (χ1n) is 8.98. The van der Waals surface area contributed by atoms with E-state index in [0.29, 0.717) is 17.7 Å². The molecule has 0 radical (unpaired) electrons. The first-order valence-corrected chi connectivity index (χ1v) is 9.36. The van der Waals surface area contributed by atoms with Crippen molar-refractivity contribution in [3.05, 3.63) is 34.9 Å². The number of amides is 1. The number of hydrogen-bond acceptors (Lipinski definition) is 1. The van der Waals surface area contributed by atoms with Gasteiger partial charge in [-0.2, -0.15) is 0 Å². The number of rotatable bonds is 3. The van der Waals surface area contributed by atoms with Crippen LogP contribution in [0.1, 0.15) is 57.9 Å². The molecule has 5 rings (SSSR count). The van der Waals surface area contributed by atoms with E-state index in [2.05, 4.69) is 31.3 Å². The lowest BCUT2D eigenvalue weighted by Gasteiger charge is -2.61. The van der Waals surface area contributed by atoms with Gasteiger partial charge in [0.25, 0.3) is 0 Å². The van der Waals surface area contributed by atoms with Crippen molar-refractivity contribution < 1.29 is 4.79 Å². The molecule has 4 saturated carbocycles. The first kappa shape index (κ1) is 15.5. The number of nitrogens with one attached hydrogen (secondary N) is 1. The lowest BCUT2D eigenvalue weighted by Crippen LogP contribution is -2.59. The van der Waals surface area contributed by atoms with Crippen molar-refractivity contribution in [3.63, 3.8) is 0 Å². The molecule has 4 fully saturated rings. The fraction of sp³-hybridized carbons (Fsp3) is 0.650. The van der Waals surface area contributed by atoms with Gasteiger partial charge in [0.05, 0.1) is 5.41 Å². The molecule has 4 aliphatic carbocycles. The molecule has 124 valence electrons. The molecule has 0 aromatic heterocycles. The summed E-state index contributed by atoms with van der Waals surface area (Å²) in [5.41, 5.74) is 1.47. The molecule has 1 aromatic carbocycles. The summed E-state index contributed by atoms with van der Waals surface area (Å²) in [4.78, 5) is 13.0. The van der Waals surface area contributed by atoms with Crippen LogP contribution < -0.4 is 5.32 Å². The van der Waals surface area contributed by atoms with Gasteiger partial charge in [0.15, 0.2) is 0 Å². The molecular weight excluding hydrogens is 306 g/mol. The molecule has 0 heterocycles. The highest BCUT2D eigenvalue weighted by molar-refractivity contribution is 6.30. The van der Waals surface area contributed by atoms with E-state index in [1.807, 2.05) is 12.1 Å². The molecule has 0 spiro atoms. The van der Waals surface area contributed by atoms with Crippen LogP contribution in [0, 0.1) is 17.3 Å². The van der Waals surface area contributed by atoms with Crippen LogP contribution in [0.25, 0.3) is 0 Å². The van der Waals surface area contributed by atoms with E-state index in [9.17, 15) is 4.79 Å². The molecule has 4 aliphatic rings. The summed E-state index contributed by atoms with van der Waals surface area (Å²) < 4.78 is 0. The third kappa shape index (κ3) is 2.50. The normalized spacial score (nSPS) is 38.1. The lowest BCUT2D eigenvalue weighted by molar-refractivity contribution is -0.149. The minimum Gasteiger partial charge on any atom is -0.353 e. The van der Waals surface area contributed by atoms with Crippen LogP contribution in [0.5, 0.6) is 0 Å². The Kier molecular flexibility index (Phi) is 3.53. The Morgan fingerprint density at radius 2 is 1.74 bits per heavy atom. The topological polar surface area (TPSA) is 29.1 Å². The average Bonchev–Trinajstić information content (AvgIpc) is 2.45. The maximum absolute atomic E-state index is 13.0. The zero-order chi connectivity index (χ0) is 16.2. The molecule has 2 atom stereocenters. The lowest BCUT2D eigenvalue weighted by atomic mass is 9.42. The Hall–Kier alpha value is -1.02. The summed E-state index contributed by atoms with van der Waals surface area (Å²) in [6, 6.07) is 8.64. The third-order valence-corrected chi connectivity index (χ3v) is 6.67. The Morgan fingerprint density at radius 1 is 1.13 bits per heavy atom. The fourth-order valence-corrected chi connectivity index (χ4v) is 6.21. The molecule has 0 saturated heterocycles. The standard InChI is InChI=1S/C20H26ClNO/c1-13(2)22-18(23)20-10-14-7-15(11-20)9-19(8-14,12-20)16-3-5-17(21)6-4-16/h3-6,13-15H,7-12H2,1-2H3,(H,22,23). The van der Waals surface area contributed by atoms with Gasteiger partial charge < -0.3 is 5.32 Å². The van der Waals surface area contributed by atoms with Gasteiger partial charge in [0.2, 0.25) is 5.91 Å². The number of halogens is 1. The predicted molar refractivity (Wildman–Crippen MR) is 93.5 cm³/mol. The molecule has 0 aliphatic heterocycles. The van der Waals surface area contributed by atoms with Crippen LogP contribution in [0.3, 0.4) is 0 Å². The van der Waals surface area contributed by atoms with Crippen molar-refractivity contribution in [2.24, 2.45) is 17.3 Å². The van der Waals surface area contributed by atoms with Gasteiger partial charge in [-0.1, -0.05) is 23.7 Å². The van der Waals surface area contributed by atoms with E-state index in [-0.39, 0.29) is 16.9 Å². The van der Waals surface area contributed by atoms with Crippen molar-refractivity contribution in [1.82, 2.24) is 5.32 Å². The molecule has 1 N–H and O–H groups in total. The monoisotopic (exact) mass is 331 g/mol. The Labute approximate surface area is 144 Å². The summed E-state index contributed by atoms with van der Waals surface area (Å²) in [5, 5.41) is 4.01. The van der Waals surface area contributed by atoms with Crippen molar-refractivity contribution >= 4 is 17.5 Å². The molecule has 23 heavy (non-hydrogen) atoms. The molecule has 1 aromatic rings. The summed E-state index contributed by atoms with van der Waals surface area (Å²) in [5.74, 6) is 1.73. The summed E-state index contributed by atoms with van der Waals surface area (Å²) in [7, 11) is 0. The van der Waals surface area contributed by atoms with Crippen LogP contribution in [0.2, 0.25) is 5.02 Å². The van der Waals surface area contributed by atoms with E-state index in [4.69, 9.17) is 11.6 Å². The highest BCUT2D eigenvalue weighted by atomic mass is 35.5. The molecule has 2 nitrogen and oxygen atoms in total. The second-order valence-electron chi connectivity index (χ2n) is 8.66. The highest BCUT2D eigenvalue weighted by Gasteiger charge is 2.60. The molecule has 2 unspecified atom stereocenters. The summed E-state index contributed by atoms with van der Waals surface area (Å²) in [6.45, 7) is 4.13. The second kappa shape index (κ2) is 5.24. The molecule has 4 bridgehead atoms. The van der Waals surface area contributed by atoms with Gasteiger partial charge in [-0.3, -0.25) is 4.79 Å². The van der Waals surface area contributed by atoms with E-state index in [1.54, 1.807) is 0 Å². The maximum atomic E-state index is 13.0. The van der Waals surface area contributed by atoms with Gasteiger partial charge in [-0.25, -0.2) is 0 Å². The minimum absolute atomic E-state index is 0.131. The third-order valence-electron chi connectivity index (χ3n) is 6.42. The average molecular weight is 332 g/mol. The quantitative estimate of drug-likeness (QED) is 0.854. The smallest absolute Gasteiger partial charge is 0.226 e. The van der Waals surface area contributed by atoms with Crippen LogP contribution in [0.15, 0.2) is 24.3 Å². The number of carbonyl (C=O) groups is 1. The van der Waals surface area contributed by atoms with Crippen LogP contribution >= 0.6 is 11.6 Å². The predicted octanol–water partition coefficient (Wildman–Crippen LogP) is 4.70. The van der Waals surface area contributed by atoms with Gasteiger partial charge >= 0.3 is 0 Å². The van der Waals surface area contributed by atoms with Crippen molar-refractivity contribution in [3.8, 4) is 0 Å². The Morgan fingerprint density at radius 3 is 2.30 bits per heavy atom. The first-order chi connectivity index (χ1) is 10.9. The zero-order valence-electron chi connectivity index (χ0n) is 14.1. The van der Waals surface area contributed by atoms with Crippen molar-refractivity contribution in [2.75, 3.05) is 0 Å². The van der Waals surface area contributed by atoms with Crippen LogP contribution in [-0.2, 0) is 10.2 Å². The largest absolute Gasteiger partial charge is 0.353 e. The van der Waals surface area contributed by atoms with E-state index in [0.717, 1.165) is 24.3 Å². The van der Waals surface area contributed by atoms with Crippen molar-refractivity contribution in [2.45, 2.75) is 63.8 Å². The van der Waals surface area contributed by atoms with Gasteiger partial charge in [0.1, 0.15) is 0 Å².